The zero-order chi connectivity index (χ0) is 21.8. The van der Waals surface area contributed by atoms with Gasteiger partial charge >= 0.3 is 0 Å². The second-order valence-electron chi connectivity index (χ2n) is 6.97. The van der Waals surface area contributed by atoms with E-state index in [1.807, 2.05) is 6.26 Å². The lowest BCUT2D eigenvalue weighted by molar-refractivity contribution is -0.123. The van der Waals surface area contributed by atoms with Crippen molar-refractivity contribution in [2.75, 3.05) is 17.8 Å². The van der Waals surface area contributed by atoms with Gasteiger partial charge in [0.1, 0.15) is 6.04 Å². The summed E-state index contributed by atoms with van der Waals surface area (Å²) in [6.45, 7) is 0. The highest BCUT2D eigenvalue weighted by Gasteiger charge is 2.33. The quantitative estimate of drug-likeness (QED) is 0.614. The summed E-state index contributed by atoms with van der Waals surface area (Å²) in [4.78, 5) is 13.3. The molecule has 0 fully saturated rings. The number of amides is 1. The number of sulfone groups is 1. The van der Waals surface area contributed by atoms with Gasteiger partial charge in [0.2, 0.25) is 15.9 Å². The standard InChI is InChI=1S/C20H24N2O5S3/c1-28-13-11-18(22-30(26,27)15-7-3-2-4-8-15)20(23)21-17-12-14-29(24,25)19-10-6-5-9-16(17)19/h2-10,17-18,22H,11-14H2,1H3,(H,21,23)/t17-,18-/m1/s1. The van der Waals surface area contributed by atoms with Gasteiger partial charge in [-0.3, -0.25) is 4.79 Å². The van der Waals surface area contributed by atoms with Gasteiger partial charge < -0.3 is 5.32 Å². The Hall–Kier alpha value is -1.88. The van der Waals surface area contributed by atoms with Gasteiger partial charge in [0.25, 0.3) is 0 Å². The van der Waals surface area contributed by atoms with E-state index in [0.29, 0.717) is 17.7 Å². The molecular formula is C20H24N2O5S3. The SMILES string of the molecule is CSCC[C@@H](NS(=O)(=O)c1ccccc1)C(=O)N[C@@H]1CCS(=O)(=O)c2ccccc21. The van der Waals surface area contributed by atoms with Crippen LogP contribution < -0.4 is 10.0 Å². The van der Waals surface area contributed by atoms with Crippen molar-refractivity contribution >= 4 is 37.5 Å². The number of nitrogens with one attached hydrogen (secondary N) is 2. The lowest BCUT2D eigenvalue weighted by Gasteiger charge is -2.28. The van der Waals surface area contributed by atoms with Crippen LogP contribution >= 0.6 is 11.8 Å². The minimum absolute atomic E-state index is 0.0693. The van der Waals surface area contributed by atoms with E-state index >= 15 is 0 Å². The van der Waals surface area contributed by atoms with E-state index in [1.54, 1.807) is 36.4 Å². The van der Waals surface area contributed by atoms with E-state index in [4.69, 9.17) is 0 Å². The van der Waals surface area contributed by atoms with E-state index in [-0.39, 0.29) is 22.0 Å². The van der Waals surface area contributed by atoms with Gasteiger partial charge in [0, 0.05) is 0 Å². The Morgan fingerprint density at radius 1 is 1.13 bits per heavy atom. The van der Waals surface area contributed by atoms with Crippen LogP contribution in [0.4, 0.5) is 0 Å². The molecule has 1 heterocycles. The van der Waals surface area contributed by atoms with Crippen molar-refractivity contribution in [1.82, 2.24) is 10.0 Å². The minimum atomic E-state index is -3.87. The highest BCUT2D eigenvalue weighted by Crippen LogP contribution is 2.32. The van der Waals surface area contributed by atoms with Crippen LogP contribution in [0.15, 0.2) is 64.4 Å². The monoisotopic (exact) mass is 468 g/mol. The number of benzene rings is 2. The lowest BCUT2D eigenvalue weighted by Crippen LogP contribution is -2.48. The maximum Gasteiger partial charge on any atom is 0.241 e. The van der Waals surface area contributed by atoms with Gasteiger partial charge in [-0.2, -0.15) is 16.5 Å². The van der Waals surface area contributed by atoms with Gasteiger partial charge in [-0.25, -0.2) is 16.8 Å². The summed E-state index contributed by atoms with van der Waals surface area (Å²) in [6, 6.07) is 13.0. The molecule has 1 amide bonds. The number of carbonyl (C=O) groups excluding carboxylic acids is 1. The first-order valence-electron chi connectivity index (χ1n) is 9.43. The van der Waals surface area contributed by atoms with Gasteiger partial charge in [-0.1, -0.05) is 36.4 Å². The number of carbonyl (C=O) groups is 1. The van der Waals surface area contributed by atoms with Crippen LogP contribution in [0.5, 0.6) is 0 Å². The van der Waals surface area contributed by atoms with E-state index in [2.05, 4.69) is 10.0 Å². The summed E-state index contributed by atoms with van der Waals surface area (Å²) in [5, 5.41) is 2.86. The fourth-order valence-electron chi connectivity index (χ4n) is 3.35. The van der Waals surface area contributed by atoms with Crippen molar-refractivity contribution in [3.8, 4) is 0 Å². The van der Waals surface area contributed by atoms with E-state index in [9.17, 15) is 21.6 Å². The smallest absolute Gasteiger partial charge is 0.241 e. The van der Waals surface area contributed by atoms with Crippen LogP contribution in [0.3, 0.4) is 0 Å². The fraction of sp³-hybridized carbons (Fsp3) is 0.350. The number of rotatable bonds is 8. The predicted octanol–water partition coefficient (Wildman–Crippen LogP) is 2.12. The molecule has 1 aliphatic rings. The Labute approximate surface area is 181 Å². The van der Waals surface area contributed by atoms with E-state index in [0.717, 1.165) is 0 Å². The molecular weight excluding hydrogens is 444 g/mol. The van der Waals surface area contributed by atoms with Gasteiger partial charge in [0.05, 0.1) is 21.6 Å². The lowest BCUT2D eigenvalue weighted by atomic mass is 10.0. The molecule has 10 heteroatoms. The molecule has 1 aliphatic heterocycles. The largest absolute Gasteiger partial charge is 0.348 e. The van der Waals surface area contributed by atoms with Crippen molar-refractivity contribution in [2.24, 2.45) is 0 Å². The molecule has 30 heavy (non-hydrogen) atoms. The van der Waals surface area contributed by atoms with Crippen LogP contribution in [0.1, 0.15) is 24.4 Å². The molecule has 2 aromatic rings. The van der Waals surface area contributed by atoms with Crippen LogP contribution in [0.2, 0.25) is 0 Å². The number of hydrogen-bond acceptors (Lipinski definition) is 6. The summed E-state index contributed by atoms with van der Waals surface area (Å²) < 4.78 is 52.6. The van der Waals surface area contributed by atoms with Crippen LogP contribution in [0.25, 0.3) is 0 Å². The Balaban J connectivity index is 1.81. The number of thioether (sulfide) groups is 1. The first-order valence-corrected chi connectivity index (χ1v) is 14.0. The first-order chi connectivity index (χ1) is 14.2. The molecule has 0 spiro atoms. The average molecular weight is 469 g/mol. The third-order valence-electron chi connectivity index (χ3n) is 4.90. The van der Waals surface area contributed by atoms with Crippen molar-refractivity contribution in [3.63, 3.8) is 0 Å². The van der Waals surface area contributed by atoms with Crippen molar-refractivity contribution in [3.05, 3.63) is 60.2 Å². The van der Waals surface area contributed by atoms with Gasteiger partial charge in [-0.05, 0) is 48.6 Å². The average Bonchev–Trinajstić information content (AvgIpc) is 2.74. The summed E-state index contributed by atoms with van der Waals surface area (Å²) in [5.74, 6) is 0.0493. The molecule has 0 bridgehead atoms. The molecule has 0 radical (unpaired) electrons. The molecule has 2 aromatic carbocycles. The summed E-state index contributed by atoms with van der Waals surface area (Å²) in [7, 11) is -7.25. The second-order valence-corrected chi connectivity index (χ2v) is 11.8. The minimum Gasteiger partial charge on any atom is -0.348 e. The Kier molecular flexibility index (Phi) is 7.22. The van der Waals surface area contributed by atoms with E-state index in [1.165, 1.54) is 30.0 Å². The maximum atomic E-state index is 13.0. The predicted molar refractivity (Wildman–Crippen MR) is 118 cm³/mol. The first kappa shape index (κ1) is 22.8. The fourth-order valence-corrected chi connectivity index (χ4v) is 6.69. The van der Waals surface area contributed by atoms with Crippen LogP contribution in [-0.4, -0.2) is 46.5 Å². The van der Waals surface area contributed by atoms with Gasteiger partial charge in [0.15, 0.2) is 9.84 Å². The second kappa shape index (κ2) is 9.51. The molecule has 0 saturated carbocycles. The topological polar surface area (TPSA) is 109 Å². The molecule has 0 aromatic heterocycles. The van der Waals surface area contributed by atoms with Crippen LogP contribution in [0, 0.1) is 0 Å². The molecule has 0 unspecified atom stereocenters. The molecule has 3 rings (SSSR count). The van der Waals surface area contributed by atoms with Gasteiger partial charge in [-0.15, -0.1) is 0 Å². The molecule has 0 aliphatic carbocycles. The van der Waals surface area contributed by atoms with Crippen molar-refractivity contribution < 1.29 is 21.6 Å². The zero-order valence-corrected chi connectivity index (χ0v) is 18.9. The van der Waals surface area contributed by atoms with E-state index < -0.39 is 37.9 Å². The summed E-state index contributed by atoms with van der Waals surface area (Å²) in [5.41, 5.74) is 0.534. The summed E-state index contributed by atoms with van der Waals surface area (Å²) in [6.07, 6.45) is 2.43. The Morgan fingerprint density at radius 3 is 2.50 bits per heavy atom. The number of fused-ring (bicyclic) bond motifs is 1. The number of hydrogen-bond donors (Lipinski definition) is 2. The maximum absolute atomic E-state index is 13.0. The van der Waals surface area contributed by atoms with Crippen LogP contribution in [-0.2, 0) is 24.7 Å². The molecule has 0 saturated heterocycles. The molecule has 2 N–H and O–H groups in total. The third kappa shape index (κ3) is 5.23. The van der Waals surface area contributed by atoms with Crippen molar-refractivity contribution in [2.45, 2.75) is 34.7 Å². The Morgan fingerprint density at radius 2 is 1.80 bits per heavy atom. The summed E-state index contributed by atoms with van der Waals surface area (Å²) >= 11 is 1.51. The normalized spacial score (nSPS) is 18.9. The molecule has 7 nitrogen and oxygen atoms in total. The highest BCUT2D eigenvalue weighted by atomic mass is 32.2. The third-order valence-corrected chi connectivity index (χ3v) is 8.85. The molecule has 2 atom stereocenters. The number of sulfonamides is 1. The Bertz CT molecular complexity index is 1100. The molecule has 162 valence electrons. The van der Waals surface area contributed by atoms with Crippen molar-refractivity contribution in [1.29, 1.82) is 0 Å². The zero-order valence-electron chi connectivity index (χ0n) is 16.4. The highest BCUT2D eigenvalue weighted by molar-refractivity contribution is 7.98.